The third-order valence-corrected chi connectivity index (χ3v) is 5.48. The Balaban J connectivity index is 1.26. The van der Waals surface area contributed by atoms with E-state index in [1.165, 1.54) is 0 Å². The second-order valence-electron chi connectivity index (χ2n) is 8.08. The highest BCUT2D eigenvalue weighted by Gasteiger charge is 2.09. The summed E-state index contributed by atoms with van der Waals surface area (Å²) >= 11 is 0. The average Bonchev–Trinajstić information content (AvgIpc) is 2.88. The lowest BCUT2D eigenvalue weighted by atomic mass is 10.1. The van der Waals surface area contributed by atoms with Crippen molar-refractivity contribution in [1.82, 2.24) is 9.97 Å². The molecule has 166 valence electrons. The lowest BCUT2D eigenvalue weighted by Crippen LogP contribution is -2.12. The lowest BCUT2D eigenvalue weighted by Gasteiger charge is -2.09. The molecular weight excluding hydrogens is 422 g/mol. The van der Waals surface area contributed by atoms with Gasteiger partial charge >= 0.3 is 0 Å². The smallest absolute Gasteiger partial charge is 0.255 e. The predicted molar refractivity (Wildman–Crippen MR) is 135 cm³/mol. The van der Waals surface area contributed by atoms with Crippen molar-refractivity contribution in [3.05, 3.63) is 120 Å². The molecule has 5 rings (SSSR count). The molecule has 1 aromatic heterocycles. The molecule has 0 radical (unpaired) electrons. The number of nitrogens with one attached hydrogen (secondary N) is 1. The monoisotopic (exact) mass is 445 g/mol. The van der Waals surface area contributed by atoms with Crippen LogP contribution in [0.2, 0.25) is 0 Å². The van der Waals surface area contributed by atoms with Crippen LogP contribution in [0.1, 0.15) is 21.5 Å². The van der Waals surface area contributed by atoms with Gasteiger partial charge in [-0.05, 0) is 66.6 Å². The number of aryl methyl sites for hydroxylation is 1. The highest BCUT2D eigenvalue weighted by molar-refractivity contribution is 6.04. The summed E-state index contributed by atoms with van der Waals surface area (Å²) in [6.45, 7) is 2.48. The van der Waals surface area contributed by atoms with Crippen LogP contribution in [0.25, 0.3) is 22.3 Å². The second-order valence-corrected chi connectivity index (χ2v) is 8.08. The summed E-state index contributed by atoms with van der Waals surface area (Å²) in [7, 11) is 0. The van der Waals surface area contributed by atoms with Crippen LogP contribution in [0, 0.1) is 6.92 Å². The summed E-state index contributed by atoms with van der Waals surface area (Å²) in [6.07, 6.45) is 1.75. The highest BCUT2D eigenvalue weighted by Crippen LogP contribution is 2.23. The number of hydrogen-bond donors (Lipinski definition) is 1. The Labute approximate surface area is 198 Å². The molecule has 0 aliphatic rings. The molecule has 34 heavy (non-hydrogen) atoms. The van der Waals surface area contributed by atoms with Crippen molar-refractivity contribution in [3.8, 4) is 17.0 Å². The molecule has 1 heterocycles. The number of ether oxygens (including phenoxy) is 1. The van der Waals surface area contributed by atoms with E-state index >= 15 is 0 Å². The maximum absolute atomic E-state index is 12.8. The molecular formula is C29H23N3O2. The van der Waals surface area contributed by atoms with E-state index in [9.17, 15) is 4.79 Å². The normalized spacial score (nSPS) is 10.7. The Kier molecular flexibility index (Phi) is 5.99. The quantitative estimate of drug-likeness (QED) is 0.327. The molecule has 0 aliphatic heterocycles. The molecule has 0 atom stereocenters. The van der Waals surface area contributed by atoms with E-state index in [0.717, 1.165) is 39.2 Å². The summed E-state index contributed by atoms with van der Waals surface area (Å²) in [5.41, 5.74) is 6.76. The van der Waals surface area contributed by atoms with Crippen LogP contribution in [0.3, 0.4) is 0 Å². The number of nitrogens with zero attached hydrogens (tertiary/aromatic N) is 2. The zero-order valence-electron chi connectivity index (χ0n) is 18.7. The van der Waals surface area contributed by atoms with Gasteiger partial charge in [-0.1, -0.05) is 48.5 Å². The van der Waals surface area contributed by atoms with Crippen molar-refractivity contribution in [2.24, 2.45) is 0 Å². The number of carbonyl (C=O) groups is 1. The van der Waals surface area contributed by atoms with Gasteiger partial charge in [0.1, 0.15) is 12.4 Å². The molecule has 5 heteroatoms. The van der Waals surface area contributed by atoms with Crippen LogP contribution in [0.15, 0.2) is 103 Å². The van der Waals surface area contributed by atoms with E-state index in [1.807, 2.05) is 104 Å². The SMILES string of the molecule is Cc1cccc(OCc2ccc(C(=O)Nc3cccc(-c4cnc5ccccc5n4)c3)cc2)c1. The topological polar surface area (TPSA) is 64.1 Å². The van der Waals surface area contributed by atoms with Gasteiger partial charge in [0.05, 0.1) is 22.9 Å². The average molecular weight is 446 g/mol. The largest absolute Gasteiger partial charge is 0.489 e. The number of fused-ring (bicyclic) bond motifs is 1. The van der Waals surface area contributed by atoms with Gasteiger partial charge in [-0.25, -0.2) is 4.98 Å². The van der Waals surface area contributed by atoms with Gasteiger partial charge in [-0.15, -0.1) is 0 Å². The van der Waals surface area contributed by atoms with E-state index in [4.69, 9.17) is 9.72 Å². The summed E-state index contributed by atoms with van der Waals surface area (Å²) in [5.74, 6) is 0.658. The molecule has 0 bridgehead atoms. The highest BCUT2D eigenvalue weighted by atomic mass is 16.5. The van der Waals surface area contributed by atoms with Crippen LogP contribution < -0.4 is 10.1 Å². The fraction of sp³-hybridized carbons (Fsp3) is 0.0690. The van der Waals surface area contributed by atoms with Crippen LogP contribution in [-0.4, -0.2) is 15.9 Å². The van der Waals surface area contributed by atoms with Gasteiger partial charge in [0.25, 0.3) is 5.91 Å². The van der Waals surface area contributed by atoms with E-state index in [1.54, 1.807) is 6.20 Å². The molecule has 5 aromatic rings. The molecule has 0 spiro atoms. The Bertz CT molecular complexity index is 1460. The fourth-order valence-electron chi connectivity index (χ4n) is 3.68. The first-order chi connectivity index (χ1) is 16.6. The van der Waals surface area contributed by atoms with E-state index in [2.05, 4.69) is 10.3 Å². The number of benzene rings is 4. The summed E-state index contributed by atoms with van der Waals surface area (Å²) in [5, 5.41) is 2.97. The molecule has 0 aliphatic carbocycles. The van der Waals surface area contributed by atoms with Gasteiger partial charge in [0, 0.05) is 16.8 Å². The molecule has 1 N–H and O–H groups in total. The maximum atomic E-state index is 12.8. The number of carbonyl (C=O) groups excluding carboxylic acids is 1. The summed E-state index contributed by atoms with van der Waals surface area (Å²) in [6, 6.07) is 30.7. The minimum Gasteiger partial charge on any atom is -0.489 e. The number of rotatable bonds is 6. The van der Waals surface area contributed by atoms with Crippen LogP contribution in [0.5, 0.6) is 5.75 Å². The summed E-state index contributed by atoms with van der Waals surface area (Å²) < 4.78 is 5.84. The fourth-order valence-corrected chi connectivity index (χ4v) is 3.68. The van der Waals surface area contributed by atoms with Gasteiger partial charge < -0.3 is 10.1 Å². The van der Waals surface area contributed by atoms with Crippen molar-refractivity contribution < 1.29 is 9.53 Å². The molecule has 5 nitrogen and oxygen atoms in total. The van der Waals surface area contributed by atoms with Crippen LogP contribution in [0.4, 0.5) is 5.69 Å². The number of aromatic nitrogens is 2. The van der Waals surface area contributed by atoms with E-state index in [-0.39, 0.29) is 5.91 Å². The van der Waals surface area contributed by atoms with Crippen LogP contribution in [-0.2, 0) is 6.61 Å². The molecule has 1 amide bonds. The zero-order chi connectivity index (χ0) is 23.3. The van der Waals surface area contributed by atoms with Crippen molar-refractivity contribution >= 4 is 22.6 Å². The Morgan fingerprint density at radius 2 is 1.65 bits per heavy atom. The third-order valence-electron chi connectivity index (χ3n) is 5.48. The number of amides is 1. The molecule has 0 saturated carbocycles. The Morgan fingerprint density at radius 1 is 0.853 bits per heavy atom. The van der Waals surface area contributed by atoms with Crippen molar-refractivity contribution in [3.63, 3.8) is 0 Å². The van der Waals surface area contributed by atoms with Crippen molar-refractivity contribution in [2.45, 2.75) is 13.5 Å². The maximum Gasteiger partial charge on any atom is 0.255 e. The van der Waals surface area contributed by atoms with Crippen molar-refractivity contribution in [1.29, 1.82) is 0 Å². The first-order valence-corrected chi connectivity index (χ1v) is 11.1. The second kappa shape index (κ2) is 9.55. The minimum atomic E-state index is -0.173. The van der Waals surface area contributed by atoms with E-state index < -0.39 is 0 Å². The standard InChI is InChI=1S/C29H23N3O2/c1-20-6-4-9-25(16-20)34-19-21-12-14-22(15-13-21)29(33)31-24-8-5-7-23(17-24)28-18-30-26-10-2-3-11-27(26)32-28/h2-18H,19H2,1H3,(H,31,33). The van der Waals surface area contributed by atoms with Gasteiger partial charge in [-0.3, -0.25) is 9.78 Å². The minimum absolute atomic E-state index is 0.173. The predicted octanol–water partition coefficient (Wildman–Crippen LogP) is 6.44. The molecule has 0 saturated heterocycles. The molecule has 0 unspecified atom stereocenters. The first-order valence-electron chi connectivity index (χ1n) is 11.1. The van der Waals surface area contributed by atoms with Gasteiger partial charge in [0.2, 0.25) is 0 Å². The Hall–Kier alpha value is -4.51. The Morgan fingerprint density at radius 3 is 2.47 bits per heavy atom. The number of hydrogen-bond acceptors (Lipinski definition) is 4. The van der Waals surface area contributed by atoms with Crippen LogP contribution >= 0.6 is 0 Å². The summed E-state index contributed by atoms with van der Waals surface area (Å²) in [4.78, 5) is 22.0. The third kappa shape index (κ3) is 4.94. The van der Waals surface area contributed by atoms with E-state index in [0.29, 0.717) is 17.9 Å². The number of para-hydroxylation sites is 2. The first kappa shape index (κ1) is 21.3. The van der Waals surface area contributed by atoms with Gasteiger partial charge in [0.15, 0.2) is 0 Å². The molecule has 4 aromatic carbocycles. The van der Waals surface area contributed by atoms with Crippen molar-refractivity contribution in [2.75, 3.05) is 5.32 Å². The zero-order valence-corrected chi connectivity index (χ0v) is 18.7. The lowest BCUT2D eigenvalue weighted by molar-refractivity contribution is 0.102. The van der Waals surface area contributed by atoms with Gasteiger partial charge in [-0.2, -0.15) is 0 Å². The number of anilines is 1. The molecule has 0 fully saturated rings.